The fraction of sp³-hybridized carbons (Fsp3) is 0.333. The quantitative estimate of drug-likeness (QED) is 0.621. The maximum Gasteiger partial charge on any atom is 0.257 e. The van der Waals surface area contributed by atoms with Crippen molar-refractivity contribution in [2.45, 2.75) is 13.8 Å². The van der Waals surface area contributed by atoms with E-state index in [9.17, 15) is 9.59 Å². The molecule has 0 atom stereocenters. The lowest BCUT2D eigenvalue weighted by Gasteiger charge is -2.38. The number of carbonyl (C=O) groups excluding carboxylic acids is 2. The molecule has 0 aromatic heterocycles. The molecule has 0 spiro atoms. The Bertz CT molecular complexity index is 928. The van der Waals surface area contributed by atoms with Gasteiger partial charge < -0.3 is 15.1 Å². The van der Waals surface area contributed by atoms with Gasteiger partial charge in [0.2, 0.25) is 5.91 Å². The first-order chi connectivity index (χ1) is 13.8. The van der Waals surface area contributed by atoms with Crippen molar-refractivity contribution in [3.8, 4) is 0 Å². The second-order valence-electron chi connectivity index (χ2n) is 7.18. The Morgan fingerprint density at radius 2 is 1.72 bits per heavy atom. The molecule has 0 unspecified atom stereocenters. The number of anilines is 2. The summed E-state index contributed by atoms with van der Waals surface area (Å²) in [5.41, 5.74) is 1.74. The number of para-hydroxylation sites is 1. The van der Waals surface area contributed by atoms with Crippen LogP contribution in [-0.4, -0.2) is 42.9 Å². The second kappa shape index (κ2) is 9.37. The number of hydrogen-bond acceptors (Lipinski definition) is 3. The van der Waals surface area contributed by atoms with Crippen molar-refractivity contribution in [1.29, 1.82) is 0 Å². The van der Waals surface area contributed by atoms with E-state index in [2.05, 4.69) is 26.1 Å². The van der Waals surface area contributed by atoms with Crippen LogP contribution in [0.1, 0.15) is 24.2 Å². The Labute approximate surface area is 189 Å². The molecule has 0 saturated carbocycles. The third-order valence-corrected chi connectivity index (χ3v) is 5.94. The van der Waals surface area contributed by atoms with Crippen LogP contribution in [-0.2, 0) is 4.79 Å². The van der Waals surface area contributed by atoms with E-state index in [4.69, 9.17) is 23.2 Å². The van der Waals surface area contributed by atoms with E-state index in [1.165, 1.54) is 0 Å². The maximum atomic E-state index is 12.8. The zero-order valence-electron chi connectivity index (χ0n) is 16.2. The zero-order chi connectivity index (χ0) is 21.1. The predicted molar refractivity (Wildman–Crippen MR) is 122 cm³/mol. The summed E-state index contributed by atoms with van der Waals surface area (Å²) in [6.45, 7) is 6.33. The third kappa shape index (κ3) is 5.05. The molecule has 1 heterocycles. The van der Waals surface area contributed by atoms with Crippen molar-refractivity contribution in [2.24, 2.45) is 5.92 Å². The van der Waals surface area contributed by atoms with Gasteiger partial charge in [-0.3, -0.25) is 9.59 Å². The molecule has 0 bridgehead atoms. The fourth-order valence-corrected chi connectivity index (χ4v) is 4.17. The van der Waals surface area contributed by atoms with E-state index in [0.717, 1.165) is 10.2 Å². The van der Waals surface area contributed by atoms with E-state index in [1.807, 2.05) is 24.8 Å². The van der Waals surface area contributed by atoms with Crippen LogP contribution < -0.4 is 10.2 Å². The highest BCUT2D eigenvalue weighted by atomic mass is 79.9. The Hall–Kier alpha value is -1.76. The molecule has 1 fully saturated rings. The summed E-state index contributed by atoms with van der Waals surface area (Å²) >= 11 is 16.0. The molecular formula is C21H22BrCl2N3O2. The smallest absolute Gasteiger partial charge is 0.257 e. The number of piperazine rings is 1. The lowest BCUT2D eigenvalue weighted by atomic mass is 10.1. The van der Waals surface area contributed by atoms with Crippen LogP contribution in [0.15, 0.2) is 40.9 Å². The number of hydrogen-bond donors (Lipinski definition) is 1. The number of rotatable bonds is 4. The summed E-state index contributed by atoms with van der Waals surface area (Å²) in [6.07, 6.45) is 0. The summed E-state index contributed by atoms with van der Waals surface area (Å²) in [4.78, 5) is 29.0. The monoisotopic (exact) mass is 497 g/mol. The molecule has 2 aromatic carbocycles. The van der Waals surface area contributed by atoms with Crippen LogP contribution in [0.3, 0.4) is 0 Å². The highest BCUT2D eigenvalue weighted by Gasteiger charge is 2.26. The number of nitrogens with one attached hydrogen (secondary N) is 1. The molecule has 8 heteroatoms. The van der Waals surface area contributed by atoms with Gasteiger partial charge in [0.15, 0.2) is 0 Å². The minimum Gasteiger partial charge on any atom is -0.365 e. The molecule has 0 aliphatic carbocycles. The number of carbonyl (C=O) groups is 2. The van der Waals surface area contributed by atoms with Gasteiger partial charge in [0.25, 0.3) is 5.91 Å². The van der Waals surface area contributed by atoms with Crippen molar-refractivity contribution >= 4 is 62.3 Å². The van der Waals surface area contributed by atoms with Crippen LogP contribution in [0.2, 0.25) is 10.0 Å². The number of nitrogens with zero attached hydrogens (tertiary/aromatic N) is 2. The first-order valence-electron chi connectivity index (χ1n) is 9.36. The summed E-state index contributed by atoms with van der Waals surface area (Å²) in [5, 5.41) is 3.85. The lowest BCUT2D eigenvalue weighted by molar-refractivity contribution is -0.134. The highest BCUT2D eigenvalue weighted by molar-refractivity contribution is 9.10. The van der Waals surface area contributed by atoms with Crippen molar-refractivity contribution < 1.29 is 9.59 Å². The van der Waals surface area contributed by atoms with E-state index < -0.39 is 0 Å². The van der Waals surface area contributed by atoms with Gasteiger partial charge in [-0.05, 0) is 30.3 Å². The van der Waals surface area contributed by atoms with Gasteiger partial charge in [-0.15, -0.1) is 0 Å². The first kappa shape index (κ1) is 21.9. The minimum atomic E-state index is -0.312. The van der Waals surface area contributed by atoms with Gasteiger partial charge in [0, 0.05) is 36.6 Å². The minimum absolute atomic E-state index is 0.0216. The molecular weight excluding hydrogens is 477 g/mol. The SMILES string of the molecule is CC(C)C(=O)N1CCN(c2c(Cl)cccc2NC(=O)c2cc(Br)ccc2Cl)CC1. The molecule has 0 radical (unpaired) electrons. The van der Waals surface area contributed by atoms with Crippen molar-refractivity contribution in [1.82, 2.24) is 4.90 Å². The van der Waals surface area contributed by atoms with Gasteiger partial charge in [-0.1, -0.05) is 59.0 Å². The molecule has 1 saturated heterocycles. The molecule has 5 nitrogen and oxygen atoms in total. The third-order valence-electron chi connectivity index (χ3n) is 4.81. The highest BCUT2D eigenvalue weighted by Crippen LogP contribution is 2.35. The van der Waals surface area contributed by atoms with Crippen molar-refractivity contribution in [3.05, 3.63) is 56.5 Å². The standard InChI is InChI=1S/C21H22BrCl2N3O2/c1-13(2)21(29)27-10-8-26(9-11-27)19-17(24)4-3-5-18(19)25-20(28)15-12-14(22)6-7-16(15)23/h3-7,12-13H,8-11H2,1-2H3,(H,25,28). The van der Waals surface area contributed by atoms with E-state index in [0.29, 0.717) is 47.5 Å². The Kier molecular flexibility index (Phi) is 7.09. The molecule has 1 aliphatic heterocycles. The van der Waals surface area contributed by atoms with Gasteiger partial charge in [-0.25, -0.2) is 0 Å². The first-order valence-corrected chi connectivity index (χ1v) is 10.9. The summed E-state index contributed by atoms with van der Waals surface area (Å²) < 4.78 is 0.768. The summed E-state index contributed by atoms with van der Waals surface area (Å²) in [5.74, 6) is -0.179. The lowest BCUT2D eigenvalue weighted by Crippen LogP contribution is -2.50. The number of halogens is 3. The molecule has 29 heavy (non-hydrogen) atoms. The van der Waals surface area contributed by atoms with Gasteiger partial charge in [0.1, 0.15) is 0 Å². The van der Waals surface area contributed by atoms with Gasteiger partial charge in [-0.2, -0.15) is 0 Å². The average Bonchev–Trinajstić information content (AvgIpc) is 2.69. The number of amides is 2. The molecule has 2 amide bonds. The van der Waals surface area contributed by atoms with Gasteiger partial charge >= 0.3 is 0 Å². The average molecular weight is 499 g/mol. The zero-order valence-corrected chi connectivity index (χ0v) is 19.3. The van der Waals surface area contributed by atoms with E-state index in [1.54, 1.807) is 30.3 Å². The van der Waals surface area contributed by atoms with Crippen molar-refractivity contribution in [2.75, 3.05) is 36.4 Å². The number of benzene rings is 2. The summed E-state index contributed by atoms with van der Waals surface area (Å²) in [7, 11) is 0. The Morgan fingerprint density at radius 1 is 1.03 bits per heavy atom. The van der Waals surface area contributed by atoms with Crippen LogP contribution in [0, 0.1) is 5.92 Å². The molecule has 154 valence electrons. The van der Waals surface area contributed by atoms with Crippen LogP contribution in [0.4, 0.5) is 11.4 Å². The van der Waals surface area contributed by atoms with Gasteiger partial charge in [0.05, 0.1) is 27.0 Å². The largest absolute Gasteiger partial charge is 0.365 e. The fourth-order valence-electron chi connectivity index (χ4n) is 3.31. The normalized spacial score (nSPS) is 14.3. The summed E-state index contributed by atoms with van der Waals surface area (Å²) in [6, 6.07) is 10.5. The molecule has 1 aliphatic rings. The predicted octanol–water partition coefficient (Wildman–Crippen LogP) is 5.31. The topological polar surface area (TPSA) is 52.7 Å². The van der Waals surface area contributed by atoms with Crippen LogP contribution in [0.25, 0.3) is 0 Å². The molecule has 2 aromatic rings. The Balaban J connectivity index is 1.81. The van der Waals surface area contributed by atoms with E-state index in [-0.39, 0.29) is 17.7 Å². The second-order valence-corrected chi connectivity index (χ2v) is 8.91. The Morgan fingerprint density at radius 3 is 2.38 bits per heavy atom. The van der Waals surface area contributed by atoms with Crippen LogP contribution >= 0.6 is 39.1 Å². The van der Waals surface area contributed by atoms with E-state index >= 15 is 0 Å². The molecule has 3 rings (SSSR count). The molecule has 1 N–H and O–H groups in total. The maximum absolute atomic E-state index is 12.8. The van der Waals surface area contributed by atoms with Crippen molar-refractivity contribution in [3.63, 3.8) is 0 Å². The van der Waals surface area contributed by atoms with Crippen LogP contribution in [0.5, 0.6) is 0 Å².